The zero-order valence-corrected chi connectivity index (χ0v) is 20.7. The second-order valence-corrected chi connectivity index (χ2v) is 12.8. The van der Waals surface area contributed by atoms with Crippen LogP contribution in [-0.4, -0.2) is 22.0 Å². The highest BCUT2D eigenvalue weighted by atomic mass is 32.2. The number of anilines is 1. The molecule has 172 valence electrons. The first-order valence-corrected chi connectivity index (χ1v) is 13.6. The molecule has 7 atom stereocenters. The lowest BCUT2D eigenvalue weighted by molar-refractivity contribution is -0.123. The summed E-state index contributed by atoms with van der Waals surface area (Å²) >= 11 is 8.86. The molecule has 3 fully saturated rings. The molecule has 2 aromatic carbocycles. The molecule has 3 heterocycles. The molecule has 1 saturated heterocycles. The Hall–Kier alpha value is -2.29. The highest BCUT2D eigenvalue weighted by Gasteiger charge is 2.69. The van der Waals surface area contributed by atoms with E-state index in [9.17, 15) is 14.0 Å². The predicted molar refractivity (Wildman–Crippen MR) is 133 cm³/mol. The number of thioether (sulfide) groups is 1. The molecular formula is C26H21FN2O2S3. The number of halogens is 1. The molecule has 4 nitrogen and oxygen atoms in total. The van der Waals surface area contributed by atoms with Crippen LogP contribution in [0.15, 0.2) is 53.6 Å². The van der Waals surface area contributed by atoms with Gasteiger partial charge in [0.05, 0.1) is 22.5 Å². The molecule has 2 saturated carbocycles. The van der Waals surface area contributed by atoms with Gasteiger partial charge in [-0.05, 0) is 73.1 Å². The van der Waals surface area contributed by atoms with Crippen LogP contribution in [0, 0.1) is 46.3 Å². The molecule has 1 N–H and O–H groups in total. The van der Waals surface area contributed by atoms with Crippen molar-refractivity contribution in [3.63, 3.8) is 0 Å². The lowest BCUT2D eigenvalue weighted by Gasteiger charge is -2.43. The van der Waals surface area contributed by atoms with Crippen LogP contribution in [0.5, 0.6) is 0 Å². The number of hydrogen-bond donors (Lipinski definition) is 1. The first kappa shape index (κ1) is 21.0. The van der Waals surface area contributed by atoms with Crippen LogP contribution in [0.3, 0.4) is 0 Å². The van der Waals surface area contributed by atoms with Crippen molar-refractivity contribution in [1.82, 2.24) is 4.98 Å². The summed E-state index contributed by atoms with van der Waals surface area (Å²) in [6, 6.07) is 14.4. The zero-order valence-electron chi connectivity index (χ0n) is 18.2. The normalized spacial score (nSPS) is 33.2. The molecule has 2 aliphatic heterocycles. The molecule has 7 unspecified atom stereocenters. The fraction of sp³-hybridized carbons (Fsp3) is 0.346. The fourth-order valence-electron chi connectivity index (χ4n) is 7.01. The number of carbonyl (C=O) groups excluding carboxylic acids is 2. The number of aromatic nitrogens is 1. The van der Waals surface area contributed by atoms with Crippen molar-refractivity contribution in [2.75, 3.05) is 4.90 Å². The molecule has 3 aromatic rings. The van der Waals surface area contributed by atoms with Gasteiger partial charge in [-0.3, -0.25) is 14.5 Å². The number of benzene rings is 2. The summed E-state index contributed by atoms with van der Waals surface area (Å²) in [5.74, 6) is -0.370. The maximum absolute atomic E-state index is 13.8. The van der Waals surface area contributed by atoms with Gasteiger partial charge in [0.2, 0.25) is 11.8 Å². The van der Waals surface area contributed by atoms with E-state index >= 15 is 0 Å². The number of nitrogens with one attached hydrogen (secondary N) is 1. The van der Waals surface area contributed by atoms with Crippen LogP contribution >= 0.6 is 35.3 Å². The predicted octanol–water partition coefficient (Wildman–Crippen LogP) is 5.93. The Morgan fingerprint density at radius 3 is 2.38 bits per heavy atom. The van der Waals surface area contributed by atoms with Gasteiger partial charge in [0.1, 0.15) is 5.82 Å². The lowest BCUT2D eigenvalue weighted by Crippen LogP contribution is -2.42. The summed E-state index contributed by atoms with van der Waals surface area (Å²) in [7, 11) is 0. The number of hydrogen-bond acceptors (Lipinski definition) is 5. The summed E-state index contributed by atoms with van der Waals surface area (Å²) in [6.45, 7) is 1.99. The third kappa shape index (κ3) is 2.79. The molecule has 0 radical (unpaired) electrons. The van der Waals surface area contributed by atoms with Crippen molar-refractivity contribution in [2.45, 2.75) is 29.5 Å². The van der Waals surface area contributed by atoms with Gasteiger partial charge in [0.25, 0.3) is 0 Å². The number of amides is 2. The van der Waals surface area contributed by atoms with Gasteiger partial charge in [-0.15, -0.1) is 23.1 Å². The molecule has 34 heavy (non-hydrogen) atoms. The Morgan fingerprint density at radius 1 is 1.00 bits per heavy atom. The van der Waals surface area contributed by atoms with Crippen LogP contribution in [-0.2, 0) is 9.59 Å². The second-order valence-electron chi connectivity index (χ2n) is 9.86. The van der Waals surface area contributed by atoms with Crippen LogP contribution in [0.1, 0.15) is 28.3 Å². The Bertz CT molecular complexity index is 1400. The van der Waals surface area contributed by atoms with Crippen molar-refractivity contribution in [3.8, 4) is 0 Å². The highest BCUT2D eigenvalue weighted by Crippen LogP contribution is 2.68. The van der Waals surface area contributed by atoms with E-state index in [1.54, 1.807) is 23.1 Å². The molecule has 8 heteroatoms. The molecule has 2 aliphatic carbocycles. The Balaban J connectivity index is 1.32. The topological polar surface area (TPSA) is 53.2 Å². The van der Waals surface area contributed by atoms with Crippen LogP contribution < -0.4 is 4.90 Å². The molecule has 1 aromatic heterocycles. The average Bonchev–Trinajstić information content (AvgIpc) is 3.54. The van der Waals surface area contributed by atoms with Crippen molar-refractivity contribution < 1.29 is 14.0 Å². The minimum atomic E-state index is -0.280. The number of fused-ring (bicyclic) bond motifs is 9. The second kappa shape index (κ2) is 7.35. The van der Waals surface area contributed by atoms with Crippen molar-refractivity contribution in [1.29, 1.82) is 0 Å². The minimum absolute atomic E-state index is 0.0482. The van der Waals surface area contributed by atoms with E-state index in [4.69, 9.17) is 12.2 Å². The molecular weight excluding hydrogens is 487 g/mol. The molecule has 2 bridgehead atoms. The molecule has 4 aliphatic rings. The van der Waals surface area contributed by atoms with Crippen LogP contribution in [0.2, 0.25) is 0 Å². The van der Waals surface area contributed by atoms with Gasteiger partial charge in [-0.1, -0.05) is 29.8 Å². The van der Waals surface area contributed by atoms with Crippen LogP contribution in [0.25, 0.3) is 0 Å². The van der Waals surface area contributed by atoms with Crippen molar-refractivity contribution >= 4 is 52.8 Å². The van der Waals surface area contributed by atoms with E-state index in [-0.39, 0.29) is 58.4 Å². The van der Waals surface area contributed by atoms with Gasteiger partial charge in [0, 0.05) is 16.0 Å². The number of imide groups is 1. The van der Waals surface area contributed by atoms with E-state index in [0.717, 1.165) is 26.5 Å². The van der Waals surface area contributed by atoms with Crippen LogP contribution in [0.4, 0.5) is 10.1 Å². The summed E-state index contributed by atoms with van der Waals surface area (Å²) < 4.78 is 14.5. The summed E-state index contributed by atoms with van der Waals surface area (Å²) in [4.78, 5) is 33.3. The average molecular weight is 509 g/mol. The standard InChI is InChI=1S/C26H21FN2O2S3/c1-11-2-8-14(9-3-11)29-24(30)19-15-10-16(20(19)25(29)31)21-18(15)17(12-4-6-13(27)7-5-12)22-23(33-21)28-26(32)34-22/h2-9,15-21H,10H2,1H3,(H,28,32). The quantitative estimate of drug-likeness (QED) is 0.344. The zero-order chi connectivity index (χ0) is 23.3. The number of rotatable bonds is 2. The van der Waals surface area contributed by atoms with Gasteiger partial charge in [-0.25, -0.2) is 4.39 Å². The Morgan fingerprint density at radius 2 is 1.68 bits per heavy atom. The number of aromatic amines is 1. The molecule has 2 amide bonds. The van der Waals surface area contributed by atoms with Crippen molar-refractivity contribution in [3.05, 3.63) is 74.3 Å². The third-order valence-electron chi connectivity index (χ3n) is 8.25. The number of carbonyl (C=O) groups is 2. The molecule has 0 spiro atoms. The highest BCUT2D eigenvalue weighted by molar-refractivity contribution is 8.00. The van der Waals surface area contributed by atoms with E-state index in [1.165, 1.54) is 21.9 Å². The van der Waals surface area contributed by atoms with E-state index in [0.29, 0.717) is 5.69 Å². The first-order chi connectivity index (χ1) is 16.4. The van der Waals surface area contributed by atoms with E-state index in [1.807, 2.05) is 43.3 Å². The van der Waals surface area contributed by atoms with Gasteiger partial charge >= 0.3 is 0 Å². The van der Waals surface area contributed by atoms with Gasteiger partial charge < -0.3 is 4.98 Å². The maximum Gasteiger partial charge on any atom is 0.238 e. The van der Waals surface area contributed by atoms with Gasteiger partial charge in [0.15, 0.2) is 3.95 Å². The number of H-pyrrole nitrogens is 1. The van der Waals surface area contributed by atoms with E-state index < -0.39 is 0 Å². The maximum atomic E-state index is 13.8. The number of aryl methyl sites for hydroxylation is 1. The number of thiazole rings is 1. The summed E-state index contributed by atoms with van der Waals surface area (Å²) in [5.41, 5.74) is 2.82. The van der Waals surface area contributed by atoms with Crippen molar-refractivity contribution in [2.24, 2.45) is 29.6 Å². The summed E-state index contributed by atoms with van der Waals surface area (Å²) in [5, 5.41) is 1.30. The summed E-state index contributed by atoms with van der Waals surface area (Å²) in [6.07, 6.45) is 0.893. The Kier molecular flexibility index (Phi) is 4.55. The minimum Gasteiger partial charge on any atom is -0.332 e. The van der Waals surface area contributed by atoms with E-state index in [2.05, 4.69) is 4.98 Å². The third-order valence-corrected chi connectivity index (χ3v) is 11.2. The smallest absolute Gasteiger partial charge is 0.238 e. The monoisotopic (exact) mass is 508 g/mol. The first-order valence-electron chi connectivity index (χ1n) is 11.5. The fourth-order valence-corrected chi connectivity index (χ4v) is 10.3. The lowest BCUT2D eigenvalue weighted by atomic mass is 9.68. The SMILES string of the molecule is Cc1ccc(N2C(=O)C3C4CC(C3C2=O)C2C(c3ccc(F)cc3)c3sc(=S)[nH]c3SC42)cc1. The Labute approximate surface area is 209 Å². The molecule has 7 rings (SSSR count). The number of nitrogens with zero attached hydrogens (tertiary/aromatic N) is 1. The largest absolute Gasteiger partial charge is 0.332 e. The van der Waals surface area contributed by atoms with Gasteiger partial charge in [-0.2, -0.15) is 0 Å².